The van der Waals surface area contributed by atoms with Crippen LogP contribution in [0.2, 0.25) is 0 Å². The lowest BCUT2D eigenvalue weighted by Crippen LogP contribution is -2.19. The summed E-state index contributed by atoms with van der Waals surface area (Å²) in [5, 5.41) is 20.2. The molecule has 182 valence electrons. The lowest BCUT2D eigenvalue weighted by Gasteiger charge is -2.16. The van der Waals surface area contributed by atoms with Crippen molar-refractivity contribution >= 4 is 22.8 Å². The Hall–Kier alpha value is -4.45. The fraction of sp³-hybridized carbons (Fsp3) is 0.167. The molecule has 36 heavy (non-hydrogen) atoms. The highest BCUT2D eigenvalue weighted by molar-refractivity contribution is 5.92. The first-order valence-electron chi connectivity index (χ1n) is 10.8. The van der Waals surface area contributed by atoms with E-state index < -0.39 is 23.1 Å². The maximum atomic E-state index is 15.9. The fourth-order valence-corrected chi connectivity index (χ4v) is 3.65. The number of hydrogen-bond donors (Lipinski definition) is 3. The van der Waals surface area contributed by atoms with Gasteiger partial charge in [-0.2, -0.15) is 10.1 Å². The molecular weight excluding hydrogens is 473 g/mol. The van der Waals surface area contributed by atoms with E-state index >= 15 is 4.39 Å². The number of aromatic nitrogens is 7. The number of H-pyrrole nitrogens is 1. The molecule has 5 rings (SSSR count). The highest BCUT2D eigenvalue weighted by Crippen LogP contribution is 2.35. The van der Waals surface area contributed by atoms with Gasteiger partial charge in [-0.3, -0.25) is 5.10 Å². The molecule has 5 aromatic rings. The molecule has 0 amide bonds. The molecule has 3 N–H and O–H groups in total. The Labute approximate surface area is 202 Å². The Morgan fingerprint density at radius 1 is 1.00 bits per heavy atom. The molecule has 0 spiro atoms. The summed E-state index contributed by atoms with van der Waals surface area (Å²) < 4.78 is 42.9. The standard InChI is InChI=1S/C24H19F3N8O/c1-11-4-5-13(16-6-7-28-22(31-16)24(2,3)36)18(27)17(11)19-14-10-30-23(32-20(14)35-34-19)33-21-15(26)8-12(25)9-29-21/h4-10,36H,1-3H3,(H2,29,30,32,33,34,35). The molecule has 4 aromatic heterocycles. The lowest BCUT2D eigenvalue weighted by molar-refractivity contribution is 0.0688. The normalized spacial score (nSPS) is 11.8. The van der Waals surface area contributed by atoms with Gasteiger partial charge in [-0.15, -0.1) is 0 Å². The molecule has 0 saturated heterocycles. The van der Waals surface area contributed by atoms with E-state index in [0.29, 0.717) is 28.4 Å². The van der Waals surface area contributed by atoms with Gasteiger partial charge in [0.2, 0.25) is 5.95 Å². The van der Waals surface area contributed by atoms with Gasteiger partial charge in [0, 0.05) is 29.6 Å². The molecule has 0 unspecified atom stereocenters. The average Bonchev–Trinajstić information content (AvgIpc) is 3.23. The van der Waals surface area contributed by atoms with E-state index in [0.717, 1.165) is 6.20 Å². The van der Waals surface area contributed by atoms with E-state index in [1.807, 2.05) is 0 Å². The minimum atomic E-state index is -1.30. The van der Waals surface area contributed by atoms with Crippen LogP contribution < -0.4 is 5.32 Å². The van der Waals surface area contributed by atoms with Crippen LogP contribution in [0.3, 0.4) is 0 Å². The highest BCUT2D eigenvalue weighted by atomic mass is 19.1. The number of halogens is 3. The average molecular weight is 492 g/mol. The quantitative estimate of drug-likeness (QED) is 0.326. The summed E-state index contributed by atoms with van der Waals surface area (Å²) in [6.45, 7) is 4.84. The summed E-state index contributed by atoms with van der Waals surface area (Å²) in [6, 6.07) is 5.58. The predicted octanol–water partition coefficient (Wildman–Crippen LogP) is 4.57. The van der Waals surface area contributed by atoms with Crippen molar-refractivity contribution in [2.45, 2.75) is 26.4 Å². The molecule has 1 aromatic carbocycles. The fourth-order valence-electron chi connectivity index (χ4n) is 3.65. The Bertz CT molecular complexity index is 1610. The zero-order valence-electron chi connectivity index (χ0n) is 19.3. The SMILES string of the molecule is Cc1ccc(-c2ccnc(C(C)(C)O)n2)c(F)c1-c1[nH]nc2nc(Nc3ncc(F)cc3F)ncc12. The van der Waals surface area contributed by atoms with Crippen molar-refractivity contribution in [1.82, 2.24) is 35.1 Å². The van der Waals surface area contributed by atoms with Crippen LogP contribution in [0.25, 0.3) is 33.5 Å². The number of nitrogens with one attached hydrogen (secondary N) is 2. The molecule has 12 heteroatoms. The molecule has 0 aliphatic rings. The van der Waals surface area contributed by atoms with Crippen molar-refractivity contribution < 1.29 is 18.3 Å². The molecule has 0 saturated carbocycles. The molecule has 0 radical (unpaired) electrons. The number of fused-ring (bicyclic) bond motifs is 1. The second-order valence-corrected chi connectivity index (χ2v) is 8.58. The number of aryl methyl sites for hydroxylation is 1. The Kier molecular flexibility index (Phi) is 5.59. The van der Waals surface area contributed by atoms with Gasteiger partial charge in [-0.05, 0) is 38.5 Å². The van der Waals surface area contributed by atoms with Crippen LogP contribution in [0.4, 0.5) is 24.9 Å². The summed E-state index contributed by atoms with van der Waals surface area (Å²) in [5.74, 6) is -2.39. The molecule has 0 atom stereocenters. The smallest absolute Gasteiger partial charge is 0.230 e. The lowest BCUT2D eigenvalue weighted by atomic mass is 9.98. The first-order valence-corrected chi connectivity index (χ1v) is 10.8. The van der Waals surface area contributed by atoms with Crippen molar-refractivity contribution in [3.05, 3.63) is 71.7 Å². The van der Waals surface area contributed by atoms with Gasteiger partial charge in [0.05, 0.1) is 23.0 Å². The van der Waals surface area contributed by atoms with Crippen LogP contribution >= 0.6 is 0 Å². The van der Waals surface area contributed by atoms with E-state index in [1.54, 1.807) is 39.0 Å². The van der Waals surface area contributed by atoms with Crippen molar-refractivity contribution in [3.8, 4) is 22.5 Å². The van der Waals surface area contributed by atoms with Gasteiger partial charge in [-0.25, -0.2) is 33.1 Å². The number of pyridine rings is 1. The number of benzene rings is 1. The van der Waals surface area contributed by atoms with Crippen LogP contribution in [0.1, 0.15) is 25.2 Å². The predicted molar refractivity (Wildman–Crippen MR) is 126 cm³/mol. The minimum absolute atomic E-state index is 0.0235. The Morgan fingerprint density at radius 3 is 2.56 bits per heavy atom. The van der Waals surface area contributed by atoms with E-state index in [2.05, 4.69) is 40.4 Å². The van der Waals surface area contributed by atoms with Crippen LogP contribution in [0.15, 0.2) is 42.9 Å². The van der Waals surface area contributed by atoms with Gasteiger partial charge < -0.3 is 10.4 Å². The summed E-state index contributed by atoms with van der Waals surface area (Å²) >= 11 is 0. The monoisotopic (exact) mass is 492 g/mol. The molecule has 0 aliphatic carbocycles. The van der Waals surface area contributed by atoms with E-state index in [-0.39, 0.29) is 34.4 Å². The van der Waals surface area contributed by atoms with Crippen LogP contribution in [0, 0.1) is 24.4 Å². The van der Waals surface area contributed by atoms with Crippen molar-refractivity contribution in [1.29, 1.82) is 0 Å². The van der Waals surface area contributed by atoms with Crippen molar-refractivity contribution in [2.75, 3.05) is 5.32 Å². The maximum Gasteiger partial charge on any atom is 0.230 e. The third-order valence-corrected chi connectivity index (χ3v) is 5.43. The van der Waals surface area contributed by atoms with Crippen LogP contribution in [-0.2, 0) is 5.60 Å². The van der Waals surface area contributed by atoms with Gasteiger partial charge in [0.25, 0.3) is 0 Å². The van der Waals surface area contributed by atoms with Crippen LogP contribution in [0.5, 0.6) is 0 Å². The molecular formula is C24H19F3N8O. The third kappa shape index (κ3) is 4.22. The van der Waals surface area contributed by atoms with Crippen LogP contribution in [-0.4, -0.2) is 40.2 Å². The first kappa shape index (κ1) is 23.3. The summed E-state index contributed by atoms with van der Waals surface area (Å²) in [4.78, 5) is 20.4. The molecule has 4 heterocycles. The van der Waals surface area contributed by atoms with Gasteiger partial charge in [0.1, 0.15) is 17.2 Å². The molecule has 0 bridgehead atoms. The Balaban J connectivity index is 1.55. The summed E-state index contributed by atoms with van der Waals surface area (Å²) in [6.07, 6.45) is 3.73. The first-order chi connectivity index (χ1) is 17.1. The summed E-state index contributed by atoms with van der Waals surface area (Å²) in [7, 11) is 0. The van der Waals surface area contributed by atoms with E-state index in [4.69, 9.17) is 0 Å². The zero-order chi connectivity index (χ0) is 25.6. The molecule has 0 aliphatic heterocycles. The molecule has 0 fully saturated rings. The third-order valence-electron chi connectivity index (χ3n) is 5.43. The second kappa shape index (κ2) is 8.64. The van der Waals surface area contributed by atoms with Gasteiger partial charge in [-0.1, -0.05) is 6.07 Å². The van der Waals surface area contributed by atoms with Crippen molar-refractivity contribution in [2.24, 2.45) is 0 Å². The van der Waals surface area contributed by atoms with Gasteiger partial charge >= 0.3 is 0 Å². The second-order valence-electron chi connectivity index (χ2n) is 8.58. The number of hydrogen-bond acceptors (Lipinski definition) is 8. The molecule has 9 nitrogen and oxygen atoms in total. The number of nitrogens with zero attached hydrogens (tertiary/aromatic N) is 6. The zero-order valence-corrected chi connectivity index (χ0v) is 19.3. The number of aromatic amines is 1. The van der Waals surface area contributed by atoms with Gasteiger partial charge in [0.15, 0.2) is 23.1 Å². The maximum absolute atomic E-state index is 15.9. The minimum Gasteiger partial charge on any atom is -0.382 e. The van der Waals surface area contributed by atoms with E-state index in [9.17, 15) is 13.9 Å². The number of rotatable bonds is 5. The topological polar surface area (TPSA) is 125 Å². The summed E-state index contributed by atoms with van der Waals surface area (Å²) in [5.41, 5.74) is 0.628. The van der Waals surface area contributed by atoms with Crippen molar-refractivity contribution in [3.63, 3.8) is 0 Å². The number of aliphatic hydroxyl groups is 1. The number of anilines is 2. The highest BCUT2D eigenvalue weighted by Gasteiger charge is 2.23. The largest absolute Gasteiger partial charge is 0.382 e. The Morgan fingerprint density at radius 2 is 1.81 bits per heavy atom. The van der Waals surface area contributed by atoms with E-state index in [1.165, 1.54) is 12.4 Å².